The second-order valence-corrected chi connectivity index (χ2v) is 3.64. The fourth-order valence-corrected chi connectivity index (χ4v) is 1.93. The maximum atomic E-state index is 6.04. The van der Waals surface area contributed by atoms with E-state index in [0.29, 0.717) is 5.02 Å². The summed E-state index contributed by atoms with van der Waals surface area (Å²) in [5.74, 6) is 0.743. The van der Waals surface area contributed by atoms with Crippen LogP contribution in [0.4, 0.5) is 0 Å². The molecule has 0 N–H and O–H groups in total. The summed E-state index contributed by atoms with van der Waals surface area (Å²) in [7, 11) is 1.62. The fourth-order valence-electron chi connectivity index (χ4n) is 1.02. The standard InChI is InChI=1S/C9H11ClOS/c1-6-8(12-3)5-4-7(11-2)9(6)10/h4-5H,1-3H3. The molecule has 0 bridgehead atoms. The zero-order valence-electron chi connectivity index (χ0n) is 7.35. The highest BCUT2D eigenvalue weighted by Crippen LogP contribution is 2.33. The Labute approximate surface area is 82.1 Å². The van der Waals surface area contributed by atoms with Crippen LogP contribution in [0.25, 0.3) is 0 Å². The Hall–Kier alpha value is -0.340. The Morgan fingerprint density at radius 3 is 2.58 bits per heavy atom. The summed E-state index contributed by atoms with van der Waals surface area (Å²) >= 11 is 7.73. The van der Waals surface area contributed by atoms with E-state index < -0.39 is 0 Å². The molecule has 0 fully saturated rings. The van der Waals surface area contributed by atoms with E-state index >= 15 is 0 Å². The molecule has 0 aliphatic carbocycles. The normalized spacial score (nSPS) is 10.0. The number of benzene rings is 1. The van der Waals surface area contributed by atoms with Crippen LogP contribution in [0.2, 0.25) is 5.02 Å². The summed E-state index contributed by atoms with van der Waals surface area (Å²) < 4.78 is 5.08. The van der Waals surface area contributed by atoms with Crippen molar-refractivity contribution in [2.75, 3.05) is 13.4 Å². The molecule has 0 heterocycles. The summed E-state index contributed by atoms with van der Waals surface area (Å²) in [5, 5.41) is 0.712. The molecule has 0 saturated heterocycles. The lowest BCUT2D eigenvalue weighted by Crippen LogP contribution is -1.87. The number of hydrogen-bond acceptors (Lipinski definition) is 2. The number of halogens is 1. The number of hydrogen-bond donors (Lipinski definition) is 0. The van der Waals surface area contributed by atoms with E-state index in [1.807, 2.05) is 25.3 Å². The van der Waals surface area contributed by atoms with E-state index in [1.165, 1.54) is 4.90 Å². The van der Waals surface area contributed by atoms with Gasteiger partial charge >= 0.3 is 0 Å². The van der Waals surface area contributed by atoms with Crippen LogP contribution in [0.3, 0.4) is 0 Å². The van der Waals surface area contributed by atoms with Crippen molar-refractivity contribution in [3.05, 3.63) is 22.7 Å². The largest absolute Gasteiger partial charge is 0.495 e. The minimum absolute atomic E-state index is 0.712. The van der Waals surface area contributed by atoms with Gasteiger partial charge in [0.25, 0.3) is 0 Å². The molecular weight excluding hydrogens is 192 g/mol. The number of rotatable bonds is 2. The van der Waals surface area contributed by atoms with E-state index in [1.54, 1.807) is 18.9 Å². The predicted octanol–water partition coefficient (Wildman–Crippen LogP) is 3.38. The van der Waals surface area contributed by atoms with Crippen molar-refractivity contribution in [3.8, 4) is 5.75 Å². The van der Waals surface area contributed by atoms with E-state index in [2.05, 4.69) is 0 Å². The molecule has 0 aromatic heterocycles. The quantitative estimate of drug-likeness (QED) is 0.680. The van der Waals surface area contributed by atoms with Crippen molar-refractivity contribution in [2.24, 2.45) is 0 Å². The molecule has 3 heteroatoms. The molecule has 0 atom stereocenters. The van der Waals surface area contributed by atoms with Crippen LogP contribution in [0, 0.1) is 6.92 Å². The van der Waals surface area contributed by atoms with Gasteiger partial charge in [-0.3, -0.25) is 0 Å². The van der Waals surface area contributed by atoms with Crippen LogP contribution in [0.15, 0.2) is 17.0 Å². The molecule has 1 rings (SSSR count). The van der Waals surface area contributed by atoms with Gasteiger partial charge in [-0.25, -0.2) is 0 Å². The first-order chi connectivity index (χ1) is 5.70. The first-order valence-corrected chi connectivity index (χ1v) is 5.18. The highest BCUT2D eigenvalue weighted by atomic mass is 35.5. The smallest absolute Gasteiger partial charge is 0.137 e. The molecule has 0 aliphatic rings. The molecule has 0 spiro atoms. The third kappa shape index (κ3) is 1.70. The van der Waals surface area contributed by atoms with Gasteiger partial charge in [0.2, 0.25) is 0 Å². The first kappa shape index (κ1) is 9.75. The molecule has 1 aromatic carbocycles. The lowest BCUT2D eigenvalue weighted by molar-refractivity contribution is 0.414. The van der Waals surface area contributed by atoms with Gasteiger partial charge in [-0.2, -0.15) is 0 Å². The Balaban J connectivity index is 3.20. The molecule has 12 heavy (non-hydrogen) atoms. The summed E-state index contributed by atoms with van der Waals surface area (Å²) in [4.78, 5) is 1.20. The molecule has 0 amide bonds. The molecule has 0 aliphatic heterocycles. The highest BCUT2D eigenvalue weighted by Gasteiger charge is 2.06. The fraction of sp³-hybridized carbons (Fsp3) is 0.333. The van der Waals surface area contributed by atoms with Crippen molar-refractivity contribution in [2.45, 2.75) is 11.8 Å². The molecule has 0 saturated carbocycles. The van der Waals surface area contributed by atoms with Crippen LogP contribution in [-0.2, 0) is 0 Å². The lowest BCUT2D eigenvalue weighted by Gasteiger charge is -2.08. The second-order valence-electron chi connectivity index (χ2n) is 2.41. The summed E-state index contributed by atoms with van der Waals surface area (Å²) in [6.45, 7) is 2.00. The van der Waals surface area contributed by atoms with Gasteiger partial charge in [0.05, 0.1) is 12.1 Å². The monoisotopic (exact) mass is 202 g/mol. The van der Waals surface area contributed by atoms with Crippen molar-refractivity contribution < 1.29 is 4.74 Å². The zero-order valence-corrected chi connectivity index (χ0v) is 8.92. The lowest BCUT2D eigenvalue weighted by atomic mass is 10.2. The van der Waals surface area contributed by atoms with Gasteiger partial charge in [-0.15, -0.1) is 11.8 Å². The Bertz CT molecular complexity index is 257. The Morgan fingerprint density at radius 2 is 2.08 bits per heavy atom. The molecule has 1 aromatic rings. The average molecular weight is 203 g/mol. The van der Waals surface area contributed by atoms with E-state index in [4.69, 9.17) is 16.3 Å². The zero-order chi connectivity index (χ0) is 9.14. The second kappa shape index (κ2) is 4.06. The number of methoxy groups -OCH3 is 1. The van der Waals surface area contributed by atoms with Crippen molar-refractivity contribution in [1.29, 1.82) is 0 Å². The predicted molar refractivity (Wildman–Crippen MR) is 54.5 cm³/mol. The first-order valence-electron chi connectivity index (χ1n) is 3.57. The molecule has 0 unspecified atom stereocenters. The van der Waals surface area contributed by atoms with Gasteiger partial charge < -0.3 is 4.74 Å². The van der Waals surface area contributed by atoms with E-state index in [-0.39, 0.29) is 0 Å². The number of thioether (sulfide) groups is 1. The third-order valence-electron chi connectivity index (χ3n) is 1.74. The van der Waals surface area contributed by atoms with Crippen LogP contribution in [-0.4, -0.2) is 13.4 Å². The van der Waals surface area contributed by atoms with Gasteiger partial charge in [-0.1, -0.05) is 11.6 Å². The van der Waals surface area contributed by atoms with E-state index in [0.717, 1.165) is 11.3 Å². The minimum atomic E-state index is 0.712. The van der Waals surface area contributed by atoms with Crippen molar-refractivity contribution in [1.82, 2.24) is 0 Å². The van der Waals surface area contributed by atoms with Gasteiger partial charge in [0.1, 0.15) is 5.75 Å². The molecule has 0 radical (unpaired) electrons. The molecular formula is C9H11ClOS. The maximum Gasteiger partial charge on any atom is 0.137 e. The summed E-state index contributed by atoms with van der Waals surface area (Å²) in [6, 6.07) is 3.91. The summed E-state index contributed by atoms with van der Waals surface area (Å²) in [6.07, 6.45) is 2.03. The Morgan fingerprint density at radius 1 is 1.42 bits per heavy atom. The van der Waals surface area contributed by atoms with Crippen LogP contribution >= 0.6 is 23.4 Å². The van der Waals surface area contributed by atoms with Gasteiger partial charge in [-0.05, 0) is 30.9 Å². The molecule has 66 valence electrons. The van der Waals surface area contributed by atoms with Gasteiger partial charge in [0, 0.05) is 4.90 Å². The SMILES string of the molecule is COc1ccc(SC)c(C)c1Cl. The van der Waals surface area contributed by atoms with Crippen molar-refractivity contribution in [3.63, 3.8) is 0 Å². The van der Waals surface area contributed by atoms with Crippen LogP contribution < -0.4 is 4.74 Å². The minimum Gasteiger partial charge on any atom is -0.495 e. The molecule has 1 nitrogen and oxygen atoms in total. The third-order valence-corrected chi connectivity index (χ3v) is 3.09. The van der Waals surface area contributed by atoms with Crippen LogP contribution in [0.1, 0.15) is 5.56 Å². The van der Waals surface area contributed by atoms with Crippen LogP contribution in [0.5, 0.6) is 5.75 Å². The highest BCUT2D eigenvalue weighted by molar-refractivity contribution is 7.98. The topological polar surface area (TPSA) is 9.23 Å². The number of ether oxygens (including phenoxy) is 1. The maximum absolute atomic E-state index is 6.04. The van der Waals surface area contributed by atoms with Gasteiger partial charge in [0.15, 0.2) is 0 Å². The summed E-state index contributed by atoms with van der Waals surface area (Å²) in [5.41, 5.74) is 1.09. The van der Waals surface area contributed by atoms with Crippen molar-refractivity contribution >= 4 is 23.4 Å². The Kier molecular flexibility index (Phi) is 3.29. The van der Waals surface area contributed by atoms with E-state index in [9.17, 15) is 0 Å². The average Bonchev–Trinajstić information content (AvgIpc) is 2.10.